The van der Waals surface area contributed by atoms with Crippen molar-refractivity contribution in [2.75, 3.05) is 6.61 Å². The Kier molecular flexibility index (Phi) is 3.46. The van der Waals surface area contributed by atoms with Crippen LogP contribution in [0.4, 0.5) is 0 Å². The SMILES string of the molecule is CCOC(=O)Cc1nc2cccc(S)c2s1. The first-order valence-corrected chi connectivity index (χ1v) is 6.20. The number of esters is 1. The lowest BCUT2D eigenvalue weighted by atomic mass is 10.3. The highest BCUT2D eigenvalue weighted by atomic mass is 32.1. The van der Waals surface area contributed by atoms with Gasteiger partial charge in [-0.3, -0.25) is 4.79 Å². The van der Waals surface area contributed by atoms with E-state index < -0.39 is 0 Å². The fourth-order valence-electron chi connectivity index (χ4n) is 1.39. The summed E-state index contributed by atoms with van der Waals surface area (Å²) in [5.74, 6) is -0.234. The lowest BCUT2D eigenvalue weighted by molar-refractivity contribution is -0.142. The number of ether oxygens (including phenoxy) is 1. The molecule has 0 unspecified atom stereocenters. The zero-order valence-corrected chi connectivity index (χ0v) is 10.5. The van der Waals surface area contributed by atoms with Crippen LogP contribution in [0.25, 0.3) is 10.2 Å². The number of fused-ring (bicyclic) bond motifs is 1. The van der Waals surface area contributed by atoms with E-state index in [0.717, 1.165) is 20.1 Å². The summed E-state index contributed by atoms with van der Waals surface area (Å²) in [7, 11) is 0. The van der Waals surface area contributed by atoms with E-state index in [9.17, 15) is 4.79 Å². The molecule has 1 aromatic heterocycles. The highest BCUT2D eigenvalue weighted by Gasteiger charge is 2.10. The molecule has 2 aromatic rings. The molecule has 0 aliphatic heterocycles. The Morgan fingerprint density at radius 1 is 1.56 bits per heavy atom. The minimum absolute atomic E-state index is 0.234. The van der Waals surface area contributed by atoms with Crippen LogP contribution in [-0.2, 0) is 16.0 Å². The average molecular weight is 253 g/mol. The largest absolute Gasteiger partial charge is 0.466 e. The van der Waals surface area contributed by atoms with Gasteiger partial charge in [-0.25, -0.2) is 4.98 Å². The van der Waals surface area contributed by atoms with E-state index in [1.54, 1.807) is 6.92 Å². The Morgan fingerprint density at radius 3 is 3.06 bits per heavy atom. The molecule has 0 saturated carbocycles. The van der Waals surface area contributed by atoms with Crippen molar-refractivity contribution in [3.05, 3.63) is 23.2 Å². The molecule has 1 aromatic carbocycles. The monoisotopic (exact) mass is 253 g/mol. The summed E-state index contributed by atoms with van der Waals surface area (Å²) < 4.78 is 5.90. The van der Waals surface area contributed by atoms with Crippen LogP contribution in [-0.4, -0.2) is 17.6 Å². The van der Waals surface area contributed by atoms with Crippen LogP contribution < -0.4 is 0 Å². The summed E-state index contributed by atoms with van der Waals surface area (Å²) in [6.07, 6.45) is 0.237. The van der Waals surface area contributed by atoms with Gasteiger partial charge in [-0.2, -0.15) is 0 Å². The van der Waals surface area contributed by atoms with Gasteiger partial charge in [0.05, 0.1) is 23.2 Å². The maximum Gasteiger partial charge on any atom is 0.312 e. The summed E-state index contributed by atoms with van der Waals surface area (Å²) >= 11 is 5.84. The van der Waals surface area contributed by atoms with Crippen LogP contribution in [0.15, 0.2) is 23.1 Å². The summed E-state index contributed by atoms with van der Waals surface area (Å²) in [4.78, 5) is 16.6. The lowest BCUT2D eigenvalue weighted by Crippen LogP contribution is -2.06. The van der Waals surface area contributed by atoms with E-state index in [0.29, 0.717) is 6.61 Å². The standard InChI is InChI=1S/C11H11NO2S2/c1-2-14-10(13)6-9-12-7-4-3-5-8(15)11(7)16-9/h3-5,15H,2,6H2,1H3. The molecule has 0 aliphatic carbocycles. The van der Waals surface area contributed by atoms with Gasteiger partial charge in [0.1, 0.15) is 5.01 Å². The molecule has 16 heavy (non-hydrogen) atoms. The molecule has 0 atom stereocenters. The molecule has 84 valence electrons. The Morgan fingerprint density at radius 2 is 2.38 bits per heavy atom. The smallest absolute Gasteiger partial charge is 0.312 e. The number of rotatable bonds is 3. The Balaban J connectivity index is 2.26. The van der Waals surface area contributed by atoms with Crippen LogP contribution in [0.5, 0.6) is 0 Å². The van der Waals surface area contributed by atoms with E-state index in [1.807, 2.05) is 18.2 Å². The maximum absolute atomic E-state index is 11.3. The molecular weight excluding hydrogens is 242 g/mol. The van der Waals surface area contributed by atoms with Gasteiger partial charge in [0.15, 0.2) is 0 Å². The number of aromatic nitrogens is 1. The van der Waals surface area contributed by atoms with Gasteiger partial charge < -0.3 is 4.74 Å². The second-order valence-corrected chi connectivity index (χ2v) is 4.78. The van der Waals surface area contributed by atoms with Crippen LogP contribution in [0.3, 0.4) is 0 Å². The minimum Gasteiger partial charge on any atom is -0.466 e. The van der Waals surface area contributed by atoms with Gasteiger partial charge in [-0.15, -0.1) is 24.0 Å². The van der Waals surface area contributed by atoms with E-state index >= 15 is 0 Å². The number of nitrogens with zero attached hydrogens (tertiary/aromatic N) is 1. The van der Waals surface area contributed by atoms with Gasteiger partial charge in [-0.1, -0.05) is 6.07 Å². The van der Waals surface area contributed by atoms with Gasteiger partial charge in [0, 0.05) is 4.90 Å². The Hall–Kier alpha value is -1.07. The number of carbonyl (C=O) groups is 1. The second-order valence-electron chi connectivity index (χ2n) is 3.21. The van der Waals surface area contributed by atoms with Crippen LogP contribution >= 0.6 is 24.0 Å². The molecule has 1 heterocycles. The van der Waals surface area contributed by atoms with Crippen molar-refractivity contribution in [1.29, 1.82) is 0 Å². The van der Waals surface area contributed by atoms with Crippen LogP contribution in [0.1, 0.15) is 11.9 Å². The highest BCUT2D eigenvalue weighted by molar-refractivity contribution is 7.80. The molecule has 0 fully saturated rings. The molecule has 0 spiro atoms. The minimum atomic E-state index is -0.234. The van der Waals surface area contributed by atoms with E-state index in [2.05, 4.69) is 17.6 Å². The molecule has 0 aliphatic rings. The molecule has 0 N–H and O–H groups in total. The van der Waals surface area contributed by atoms with Crippen LogP contribution in [0, 0.1) is 0 Å². The summed E-state index contributed by atoms with van der Waals surface area (Å²) in [5, 5.41) is 0.773. The summed E-state index contributed by atoms with van der Waals surface area (Å²) in [6.45, 7) is 2.20. The van der Waals surface area contributed by atoms with Gasteiger partial charge in [0.2, 0.25) is 0 Å². The molecule has 0 amide bonds. The van der Waals surface area contributed by atoms with Crippen molar-refractivity contribution in [3.63, 3.8) is 0 Å². The van der Waals surface area contributed by atoms with Crippen molar-refractivity contribution in [3.8, 4) is 0 Å². The topological polar surface area (TPSA) is 39.2 Å². The van der Waals surface area contributed by atoms with Crippen LogP contribution in [0.2, 0.25) is 0 Å². The summed E-state index contributed by atoms with van der Waals surface area (Å²) in [6, 6.07) is 5.73. The third kappa shape index (κ3) is 2.36. The molecular formula is C11H11NO2S2. The second kappa shape index (κ2) is 4.84. The Labute approximate surface area is 103 Å². The van der Waals surface area contributed by atoms with Crippen molar-refractivity contribution in [2.24, 2.45) is 0 Å². The molecule has 2 rings (SSSR count). The fourth-order valence-corrected chi connectivity index (χ4v) is 2.69. The maximum atomic E-state index is 11.3. The fraction of sp³-hybridized carbons (Fsp3) is 0.273. The first-order valence-electron chi connectivity index (χ1n) is 4.93. The molecule has 0 saturated heterocycles. The lowest BCUT2D eigenvalue weighted by Gasteiger charge is -1.97. The normalized spacial score (nSPS) is 10.6. The average Bonchev–Trinajstić information content (AvgIpc) is 2.62. The number of carbonyl (C=O) groups excluding carboxylic acids is 1. The number of hydrogen-bond acceptors (Lipinski definition) is 5. The molecule has 5 heteroatoms. The zero-order valence-electron chi connectivity index (χ0n) is 8.77. The Bertz CT molecular complexity index is 522. The predicted octanol–water partition coefficient (Wildman–Crippen LogP) is 2.69. The van der Waals surface area contributed by atoms with Crippen molar-refractivity contribution in [1.82, 2.24) is 4.98 Å². The summed E-state index contributed by atoms with van der Waals surface area (Å²) in [5.41, 5.74) is 0.886. The third-order valence-electron chi connectivity index (χ3n) is 2.04. The number of thiol groups is 1. The van der Waals surface area contributed by atoms with E-state index in [4.69, 9.17) is 4.74 Å². The van der Waals surface area contributed by atoms with Crippen molar-refractivity contribution < 1.29 is 9.53 Å². The van der Waals surface area contributed by atoms with E-state index in [1.165, 1.54) is 11.3 Å². The van der Waals surface area contributed by atoms with E-state index in [-0.39, 0.29) is 12.4 Å². The van der Waals surface area contributed by atoms with Gasteiger partial charge >= 0.3 is 5.97 Å². The quantitative estimate of drug-likeness (QED) is 0.675. The molecule has 0 radical (unpaired) electrons. The van der Waals surface area contributed by atoms with Crippen molar-refractivity contribution >= 4 is 40.2 Å². The number of thiazole rings is 1. The molecule has 3 nitrogen and oxygen atoms in total. The van der Waals surface area contributed by atoms with Crippen molar-refractivity contribution in [2.45, 2.75) is 18.2 Å². The predicted molar refractivity (Wildman–Crippen MR) is 67.2 cm³/mol. The first kappa shape index (κ1) is 11.4. The molecule has 0 bridgehead atoms. The number of hydrogen-bond donors (Lipinski definition) is 1. The zero-order chi connectivity index (χ0) is 11.5. The highest BCUT2D eigenvalue weighted by Crippen LogP contribution is 2.28. The van der Waals surface area contributed by atoms with Gasteiger partial charge in [0.25, 0.3) is 0 Å². The third-order valence-corrected chi connectivity index (χ3v) is 3.67. The van der Waals surface area contributed by atoms with Gasteiger partial charge in [-0.05, 0) is 19.1 Å². The first-order chi connectivity index (χ1) is 7.70. The number of benzene rings is 1.